The SMILES string of the molecule is CCn1c(SCc2cn3ccccc3n2)nnc1-c1csc(C)c1C. The Hall–Kier alpha value is -2.12. The van der Waals surface area contributed by atoms with E-state index in [-0.39, 0.29) is 0 Å². The van der Waals surface area contributed by atoms with Gasteiger partial charge >= 0.3 is 0 Å². The van der Waals surface area contributed by atoms with Crippen molar-refractivity contribution in [2.24, 2.45) is 0 Å². The monoisotopic (exact) mass is 369 g/mol. The molecular weight excluding hydrogens is 350 g/mol. The molecule has 0 fully saturated rings. The van der Waals surface area contributed by atoms with Gasteiger partial charge in [-0.3, -0.25) is 0 Å². The standard InChI is InChI=1S/C18H19N5S2/c1-4-23-17(15-11-24-13(3)12(15)2)20-21-18(23)25-10-14-9-22-8-6-5-7-16(22)19-14/h5-9,11H,4,10H2,1-3H3. The molecule has 0 N–H and O–H groups in total. The van der Waals surface area contributed by atoms with E-state index in [1.54, 1.807) is 23.1 Å². The molecule has 0 aromatic carbocycles. The van der Waals surface area contributed by atoms with Gasteiger partial charge in [-0.25, -0.2) is 4.98 Å². The van der Waals surface area contributed by atoms with Crippen molar-refractivity contribution >= 4 is 28.7 Å². The molecule has 0 aliphatic heterocycles. The first-order valence-corrected chi connectivity index (χ1v) is 10.1. The fourth-order valence-corrected chi connectivity index (χ4v) is 4.56. The largest absolute Gasteiger partial charge is 0.307 e. The Balaban J connectivity index is 1.59. The third-order valence-electron chi connectivity index (χ3n) is 4.32. The lowest BCUT2D eigenvalue weighted by molar-refractivity contribution is 0.687. The molecule has 128 valence electrons. The van der Waals surface area contributed by atoms with Gasteiger partial charge in [0.05, 0.1) is 5.69 Å². The van der Waals surface area contributed by atoms with E-state index >= 15 is 0 Å². The van der Waals surface area contributed by atoms with Gasteiger partial charge in [0.1, 0.15) is 5.65 Å². The average Bonchev–Trinajstić information content (AvgIpc) is 3.30. The van der Waals surface area contributed by atoms with Gasteiger partial charge < -0.3 is 8.97 Å². The van der Waals surface area contributed by atoms with Gasteiger partial charge in [-0.1, -0.05) is 17.8 Å². The highest BCUT2D eigenvalue weighted by Crippen LogP contribution is 2.32. The van der Waals surface area contributed by atoms with Gasteiger partial charge in [-0.2, -0.15) is 0 Å². The van der Waals surface area contributed by atoms with Crippen LogP contribution in [0.15, 0.2) is 41.1 Å². The van der Waals surface area contributed by atoms with Crippen LogP contribution in [-0.2, 0) is 12.3 Å². The Morgan fingerprint density at radius 2 is 2.08 bits per heavy atom. The Bertz CT molecular complexity index is 994. The van der Waals surface area contributed by atoms with Crippen LogP contribution in [0.1, 0.15) is 23.1 Å². The van der Waals surface area contributed by atoms with Gasteiger partial charge in [0.15, 0.2) is 11.0 Å². The molecule has 0 amide bonds. The number of hydrogen-bond acceptors (Lipinski definition) is 5. The van der Waals surface area contributed by atoms with E-state index in [0.29, 0.717) is 0 Å². The highest BCUT2D eigenvalue weighted by Gasteiger charge is 2.17. The molecule has 0 unspecified atom stereocenters. The lowest BCUT2D eigenvalue weighted by atomic mass is 10.1. The van der Waals surface area contributed by atoms with Crippen LogP contribution >= 0.6 is 23.1 Å². The number of imidazole rings is 1. The van der Waals surface area contributed by atoms with Crippen molar-refractivity contribution in [2.45, 2.75) is 38.2 Å². The second-order valence-corrected chi connectivity index (χ2v) is 7.89. The van der Waals surface area contributed by atoms with Crippen molar-refractivity contribution in [1.82, 2.24) is 24.1 Å². The number of fused-ring (bicyclic) bond motifs is 1. The predicted octanol–water partition coefficient (Wildman–Crippen LogP) is 4.58. The second kappa shape index (κ2) is 6.65. The number of aryl methyl sites for hydroxylation is 1. The minimum Gasteiger partial charge on any atom is -0.307 e. The van der Waals surface area contributed by atoms with Crippen LogP contribution in [0, 0.1) is 13.8 Å². The van der Waals surface area contributed by atoms with Gasteiger partial charge in [0.2, 0.25) is 0 Å². The van der Waals surface area contributed by atoms with Crippen molar-refractivity contribution in [3.05, 3.63) is 52.1 Å². The molecule has 25 heavy (non-hydrogen) atoms. The summed E-state index contributed by atoms with van der Waals surface area (Å²) in [5, 5.41) is 12.0. The summed E-state index contributed by atoms with van der Waals surface area (Å²) >= 11 is 3.45. The number of thioether (sulfide) groups is 1. The van der Waals surface area contributed by atoms with Crippen LogP contribution in [0.5, 0.6) is 0 Å². The summed E-state index contributed by atoms with van der Waals surface area (Å²) < 4.78 is 4.23. The molecule has 4 aromatic heterocycles. The molecule has 7 heteroatoms. The Morgan fingerprint density at radius 3 is 2.80 bits per heavy atom. The molecule has 0 bridgehead atoms. The van der Waals surface area contributed by atoms with E-state index in [1.807, 2.05) is 28.8 Å². The van der Waals surface area contributed by atoms with E-state index < -0.39 is 0 Å². The molecule has 0 atom stereocenters. The number of rotatable bonds is 5. The lowest BCUT2D eigenvalue weighted by Gasteiger charge is -2.06. The normalized spacial score (nSPS) is 11.5. The first-order chi connectivity index (χ1) is 12.2. The van der Waals surface area contributed by atoms with E-state index in [2.05, 4.69) is 52.1 Å². The quantitative estimate of drug-likeness (QED) is 0.483. The van der Waals surface area contributed by atoms with Crippen molar-refractivity contribution in [3.63, 3.8) is 0 Å². The topological polar surface area (TPSA) is 48.0 Å². The van der Waals surface area contributed by atoms with Crippen LogP contribution in [0.3, 0.4) is 0 Å². The molecular formula is C18H19N5S2. The zero-order valence-corrected chi connectivity index (χ0v) is 16.1. The smallest absolute Gasteiger partial charge is 0.191 e. The number of pyridine rings is 1. The van der Waals surface area contributed by atoms with Crippen LogP contribution in [0.2, 0.25) is 0 Å². The van der Waals surface area contributed by atoms with Gasteiger partial charge in [0, 0.05) is 40.5 Å². The average molecular weight is 370 g/mol. The number of thiophene rings is 1. The summed E-state index contributed by atoms with van der Waals surface area (Å²) in [5.74, 6) is 1.74. The molecule has 4 rings (SSSR count). The summed E-state index contributed by atoms with van der Waals surface area (Å²) in [4.78, 5) is 5.98. The third-order valence-corrected chi connectivity index (χ3v) is 6.34. The first-order valence-electron chi connectivity index (χ1n) is 8.21. The number of aromatic nitrogens is 5. The van der Waals surface area contributed by atoms with E-state index in [0.717, 1.165) is 34.6 Å². The minimum absolute atomic E-state index is 0.779. The van der Waals surface area contributed by atoms with Crippen LogP contribution in [0.25, 0.3) is 17.0 Å². The molecule has 4 aromatic rings. The zero-order chi connectivity index (χ0) is 17.4. The maximum atomic E-state index is 4.65. The number of hydrogen-bond donors (Lipinski definition) is 0. The Labute approximate surface area is 154 Å². The van der Waals surface area contributed by atoms with Crippen LogP contribution in [-0.4, -0.2) is 24.1 Å². The summed E-state index contributed by atoms with van der Waals surface area (Å²) in [5.41, 5.74) is 4.51. The minimum atomic E-state index is 0.779. The molecule has 0 radical (unpaired) electrons. The van der Waals surface area contributed by atoms with Crippen molar-refractivity contribution < 1.29 is 0 Å². The fourth-order valence-electron chi connectivity index (χ4n) is 2.81. The van der Waals surface area contributed by atoms with E-state index in [1.165, 1.54) is 16.0 Å². The van der Waals surface area contributed by atoms with Crippen molar-refractivity contribution in [1.29, 1.82) is 0 Å². The van der Waals surface area contributed by atoms with Crippen molar-refractivity contribution in [2.75, 3.05) is 0 Å². The maximum absolute atomic E-state index is 4.65. The summed E-state index contributed by atoms with van der Waals surface area (Å²) in [7, 11) is 0. The molecule has 0 aliphatic carbocycles. The summed E-state index contributed by atoms with van der Waals surface area (Å²) in [6, 6.07) is 6.03. The van der Waals surface area contributed by atoms with Gasteiger partial charge in [-0.05, 0) is 38.5 Å². The van der Waals surface area contributed by atoms with Gasteiger partial charge in [-0.15, -0.1) is 21.5 Å². The second-order valence-electron chi connectivity index (χ2n) is 5.87. The third kappa shape index (κ3) is 2.98. The van der Waals surface area contributed by atoms with Crippen LogP contribution < -0.4 is 0 Å². The first kappa shape index (κ1) is 16.4. The van der Waals surface area contributed by atoms with Gasteiger partial charge in [0.25, 0.3) is 0 Å². The zero-order valence-electron chi connectivity index (χ0n) is 14.4. The fraction of sp³-hybridized carbons (Fsp3) is 0.278. The predicted molar refractivity (Wildman–Crippen MR) is 103 cm³/mol. The highest BCUT2D eigenvalue weighted by molar-refractivity contribution is 7.98. The lowest BCUT2D eigenvalue weighted by Crippen LogP contribution is -2.00. The molecule has 0 spiro atoms. The van der Waals surface area contributed by atoms with E-state index in [9.17, 15) is 0 Å². The maximum Gasteiger partial charge on any atom is 0.191 e. The Kier molecular flexibility index (Phi) is 4.35. The summed E-state index contributed by atoms with van der Waals surface area (Å²) in [6.45, 7) is 7.29. The molecule has 0 saturated carbocycles. The Morgan fingerprint density at radius 1 is 1.20 bits per heavy atom. The molecule has 0 saturated heterocycles. The number of nitrogens with zero attached hydrogens (tertiary/aromatic N) is 5. The van der Waals surface area contributed by atoms with Crippen LogP contribution in [0.4, 0.5) is 0 Å². The van der Waals surface area contributed by atoms with E-state index in [4.69, 9.17) is 0 Å². The molecule has 4 heterocycles. The molecule has 5 nitrogen and oxygen atoms in total. The van der Waals surface area contributed by atoms with Crippen molar-refractivity contribution in [3.8, 4) is 11.4 Å². The molecule has 0 aliphatic rings. The highest BCUT2D eigenvalue weighted by atomic mass is 32.2. The summed E-state index contributed by atoms with van der Waals surface area (Å²) in [6.07, 6.45) is 4.09.